The van der Waals surface area contributed by atoms with Gasteiger partial charge >= 0.3 is 5.97 Å². The Labute approximate surface area is 167 Å². The number of aromatic nitrogens is 1. The highest BCUT2D eigenvalue weighted by atomic mass is 16.5. The molecule has 2 aromatic rings. The smallest absolute Gasteiger partial charge is 0.340 e. The van der Waals surface area contributed by atoms with E-state index < -0.39 is 12.1 Å². The molecule has 3 rings (SSSR count). The van der Waals surface area contributed by atoms with Crippen molar-refractivity contribution in [1.82, 2.24) is 9.47 Å². The molecule has 150 valence electrons. The maximum absolute atomic E-state index is 12.7. The standard InChI is InChI=1S/C23H30N2O3/c1-16-10-12-24(13-11-16)22(26)19(4)28-23(27)21-14-17(2)25(18(21)3)15-20-8-6-5-7-9-20/h5-9,14,16,19H,10-13,15H2,1-4H3. The van der Waals surface area contributed by atoms with Gasteiger partial charge in [0, 0.05) is 31.0 Å². The number of hydrogen-bond donors (Lipinski definition) is 0. The Morgan fingerprint density at radius 2 is 1.79 bits per heavy atom. The van der Waals surface area contributed by atoms with Crippen LogP contribution in [0.4, 0.5) is 0 Å². The fourth-order valence-corrected chi connectivity index (χ4v) is 3.78. The molecule has 2 heterocycles. The number of ether oxygens (including phenoxy) is 1. The fourth-order valence-electron chi connectivity index (χ4n) is 3.78. The zero-order valence-corrected chi connectivity index (χ0v) is 17.3. The van der Waals surface area contributed by atoms with Crippen LogP contribution in [0, 0.1) is 19.8 Å². The third kappa shape index (κ3) is 4.46. The summed E-state index contributed by atoms with van der Waals surface area (Å²) < 4.78 is 7.64. The Kier molecular flexibility index (Phi) is 6.22. The van der Waals surface area contributed by atoms with E-state index in [-0.39, 0.29) is 5.91 Å². The summed E-state index contributed by atoms with van der Waals surface area (Å²) in [5.41, 5.74) is 3.56. The summed E-state index contributed by atoms with van der Waals surface area (Å²) in [5.74, 6) is 0.119. The molecule has 1 aliphatic rings. The SMILES string of the molecule is Cc1cc(C(=O)OC(C)C(=O)N2CCC(C)CC2)c(C)n1Cc1ccccc1. The summed E-state index contributed by atoms with van der Waals surface area (Å²) in [6.07, 6.45) is 1.25. The largest absolute Gasteiger partial charge is 0.449 e. The minimum absolute atomic E-state index is 0.0988. The van der Waals surface area contributed by atoms with Crippen LogP contribution >= 0.6 is 0 Å². The molecule has 0 aliphatic carbocycles. The predicted octanol–water partition coefficient (Wildman–Crippen LogP) is 3.96. The van der Waals surface area contributed by atoms with Gasteiger partial charge in [0.1, 0.15) is 0 Å². The fraction of sp³-hybridized carbons (Fsp3) is 0.478. The van der Waals surface area contributed by atoms with Gasteiger partial charge in [-0.2, -0.15) is 0 Å². The molecule has 1 saturated heterocycles. The maximum Gasteiger partial charge on any atom is 0.340 e. The molecular weight excluding hydrogens is 352 g/mol. The molecule has 0 bridgehead atoms. The summed E-state index contributed by atoms with van der Waals surface area (Å²) in [7, 11) is 0. The van der Waals surface area contributed by atoms with Crippen molar-refractivity contribution in [2.45, 2.75) is 53.2 Å². The molecule has 0 saturated carbocycles. The van der Waals surface area contributed by atoms with Crippen molar-refractivity contribution in [2.24, 2.45) is 5.92 Å². The number of amides is 1. The highest BCUT2D eigenvalue weighted by molar-refractivity contribution is 5.93. The van der Waals surface area contributed by atoms with Crippen LogP contribution in [-0.2, 0) is 16.1 Å². The molecule has 1 aromatic heterocycles. The number of benzene rings is 1. The molecular formula is C23H30N2O3. The number of carbonyl (C=O) groups excluding carboxylic acids is 2. The van der Waals surface area contributed by atoms with Gasteiger partial charge in [-0.15, -0.1) is 0 Å². The van der Waals surface area contributed by atoms with Crippen LogP contribution < -0.4 is 0 Å². The van der Waals surface area contributed by atoms with Gasteiger partial charge in [0.2, 0.25) is 0 Å². The first-order chi connectivity index (χ1) is 13.4. The van der Waals surface area contributed by atoms with E-state index in [9.17, 15) is 9.59 Å². The van der Waals surface area contributed by atoms with Gasteiger partial charge in [-0.25, -0.2) is 4.79 Å². The molecule has 1 aliphatic heterocycles. The average Bonchev–Trinajstić information content (AvgIpc) is 2.97. The molecule has 0 spiro atoms. The zero-order valence-electron chi connectivity index (χ0n) is 17.3. The summed E-state index contributed by atoms with van der Waals surface area (Å²) in [4.78, 5) is 27.2. The van der Waals surface area contributed by atoms with E-state index in [4.69, 9.17) is 4.74 Å². The third-order valence-electron chi connectivity index (χ3n) is 5.70. The Hall–Kier alpha value is -2.56. The maximum atomic E-state index is 12.7. The highest BCUT2D eigenvalue weighted by Crippen LogP contribution is 2.20. The molecule has 0 radical (unpaired) electrons. The minimum Gasteiger partial charge on any atom is -0.449 e. The number of likely N-dealkylation sites (tertiary alicyclic amines) is 1. The normalized spacial score (nSPS) is 16.1. The lowest BCUT2D eigenvalue weighted by molar-refractivity contribution is -0.141. The zero-order chi connectivity index (χ0) is 20.3. The van der Waals surface area contributed by atoms with E-state index in [1.165, 1.54) is 5.56 Å². The number of carbonyl (C=O) groups is 2. The van der Waals surface area contributed by atoms with Crippen molar-refractivity contribution in [1.29, 1.82) is 0 Å². The van der Waals surface area contributed by atoms with Gasteiger partial charge < -0.3 is 14.2 Å². The molecule has 5 heteroatoms. The monoisotopic (exact) mass is 382 g/mol. The lowest BCUT2D eigenvalue weighted by Crippen LogP contribution is -2.44. The number of rotatable bonds is 5. The van der Waals surface area contributed by atoms with E-state index in [0.717, 1.165) is 37.3 Å². The van der Waals surface area contributed by atoms with Crippen LogP contribution in [0.15, 0.2) is 36.4 Å². The Morgan fingerprint density at radius 3 is 2.43 bits per heavy atom. The van der Waals surface area contributed by atoms with Crippen LogP contribution in [-0.4, -0.2) is 40.5 Å². The third-order valence-corrected chi connectivity index (χ3v) is 5.70. The minimum atomic E-state index is -0.766. The first-order valence-electron chi connectivity index (χ1n) is 10.1. The Morgan fingerprint density at radius 1 is 1.14 bits per heavy atom. The van der Waals surface area contributed by atoms with E-state index in [1.54, 1.807) is 6.92 Å². The molecule has 1 atom stereocenters. The summed E-state index contributed by atoms with van der Waals surface area (Å²) in [6.45, 7) is 9.96. The van der Waals surface area contributed by atoms with E-state index in [1.807, 2.05) is 43.0 Å². The van der Waals surface area contributed by atoms with Crippen LogP contribution in [0.25, 0.3) is 0 Å². The molecule has 28 heavy (non-hydrogen) atoms. The first kappa shape index (κ1) is 20.2. The summed E-state index contributed by atoms with van der Waals surface area (Å²) in [6, 6.07) is 12.0. The van der Waals surface area contributed by atoms with Gasteiger partial charge in [-0.1, -0.05) is 37.3 Å². The average molecular weight is 383 g/mol. The second-order valence-electron chi connectivity index (χ2n) is 7.91. The topological polar surface area (TPSA) is 51.5 Å². The quantitative estimate of drug-likeness (QED) is 0.736. The van der Waals surface area contributed by atoms with Crippen molar-refractivity contribution in [3.8, 4) is 0 Å². The number of esters is 1. The van der Waals surface area contributed by atoms with E-state index in [0.29, 0.717) is 18.0 Å². The van der Waals surface area contributed by atoms with Gasteiger partial charge in [-0.05, 0) is 51.2 Å². The van der Waals surface area contributed by atoms with Gasteiger partial charge in [0.25, 0.3) is 5.91 Å². The number of aryl methyl sites for hydroxylation is 1. The number of hydrogen-bond acceptors (Lipinski definition) is 3. The predicted molar refractivity (Wildman–Crippen MR) is 109 cm³/mol. The van der Waals surface area contributed by atoms with Crippen LogP contribution in [0.2, 0.25) is 0 Å². The lowest BCUT2D eigenvalue weighted by atomic mass is 9.99. The lowest BCUT2D eigenvalue weighted by Gasteiger charge is -2.31. The van der Waals surface area contributed by atoms with Crippen molar-refractivity contribution >= 4 is 11.9 Å². The summed E-state index contributed by atoms with van der Waals surface area (Å²) >= 11 is 0. The molecule has 1 unspecified atom stereocenters. The molecule has 1 amide bonds. The molecule has 1 aromatic carbocycles. The van der Waals surface area contributed by atoms with Gasteiger partial charge in [0.05, 0.1) is 5.56 Å². The molecule has 1 fully saturated rings. The number of piperidine rings is 1. The van der Waals surface area contributed by atoms with Crippen molar-refractivity contribution in [2.75, 3.05) is 13.1 Å². The van der Waals surface area contributed by atoms with Crippen molar-refractivity contribution < 1.29 is 14.3 Å². The molecule has 0 N–H and O–H groups in total. The second kappa shape index (κ2) is 8.63. The van der Waals surface area contributed by atoms with E-state index in [2.05, 4.69) is 23.6 Å². The first-order valence-corrected chi connectivity index (χ1v) is 10.1. The van der Waals surface area contributed by atoms with Gasteiger partial charge in [0.15, 0.2) is 6.10 Å². The Balaban J connectivity index is 1.67. The Bertz CT molecular complexity index is 833. The highest BCUT2D eigenvalue weighted by Gasteiger charge is 2.28. The van der Waals surface area contributed by atoms with Crippen LogP contribution in [0.3, 0.4) is 0 Å². The van der Waals surface area contributed by atoms with Crippen LogP contribution in [0.1, 0.15) is 54.0 Å². The van der Waals surface area contributed by atoms with Gasteiger partial charge in [-0.3, -0.25) is 4.79 Å². The summed E-state index contributed by atoms with van der Waals surface area (Å²) in [5, 5.41) is 0. The molecule has 5 nitrogen and oxygen atoms in total. The van der Waals surface area contributed by atoms with E-state index >= 15 is 0 Å². The second-order valence-corrected chi connectivity index (χ2v) is 7.91. The van der Waals surface area contributed by atoms with Crippen molar-refractivity contribution in [3.63, 3.8) is 0 Å². The number of nitrogens with zero attached hydrogens (tertiary/aromatic N) is 2. The van der Waals surface area contributed by atoms with Crippen molar-refractivity contribution in [3.05, 3.63) is 58.9 Å². The van der Waals surface area contributed by atoms with Crippen LogP contribution in [0.5, 0.6) is 0 Å².